The van der Waals surface area contributed by atoms with E-state index in [0.717, 1.165) is 56.8 Å². The molecular formula is C21H29NO8. The number of hydrogen-bond acceptors (Lipinski definition) is 9. The van der Waals surface area contributed by atoms with Crippen LogP contribution in [0.15, 0.2) is 36.5 Å². The number of nitrogens with zero attached hydrogens (tertiary/aromatic N) is 1. The molecule has 0 N–H and O–H groups in total. The van der Waals surface area contributed by atoms with Crippen LogP contribution >= 0.6 is 0 Å². The predicted molar refractivity (Wildman–Crippen MR) is 107 cm³/mol. The second kappa shape index (κ2) is 14.1. The predicted octanol–water partition coefficient (Wildman–Crippen LogP) is 1.19. The van der Waals surface area contributed by atoms with E-state index < -0.39 is 23.9 Å². The summed E-state index contributed by atoms with van der Waals surface area (Å²) < 4.78 is 19.1. The van der Waals surface area contributed by atoms with Crippen LogP contribution in [0.1, 0.15) is 19.3 Å². The molecule has 9 heteroatoms. The first-order valence-corrected chi connectivity index (χ1v) is 9.58. The SMILES string of the molecule is C=C1CCN(CCC(COC(=O)/C=C/C(=O)OC)COC(=O)/C=C/C(=O)OC)CC1. The van der Waals surface area contributed by atoms with Crippen LogP contribution in [-0.4, -0.2) is 75.8 Å². The van der Waals surface area contributed by atoms with Gasteiger partial charge in [0.25, 0.3) is 0 Å². The fourth-order valence-corrected chi connectivity index (χ4v) is 2.58. The molecule has 0 amide bonds. The largest absolute Gasteiger partial charge is 0.466 e. The van der Waals surface area contributed by atoms with Gasteiger partial charge in [0, 0.05) is 43.3 Å². The second-order valence-corrected chi connectivity index (χ2v) is 6.72. The van der Waals surface area contributed by atoms with Gasteiger partial charge in [-0.25, -0.2) is 19.2 Å². The fraction of sp³-hybridized carbons (Fsp3) is 0.524. The van der Waals surface area contributed by atoms with Crippen LogP contribution in [0.5, 0.6) is 0 Å². The first kappa shape index (κ1) is 25.1. The summed E-state index contributed by atoms with van der Waals surface area (Å²) in [4.78, 5) is 47.9. The van der Waals surface area contributed by atoms with E-state index in [4.69, 9.17) is 9.47 Å². The Morgan fingerprint density at radius 2 is 1.30 bits per heavy atom. The summed E-state index contributed by atoms with van der Waals surface area (Å²) in [6.07, 6.45) is 6.42. The molecule has 30 heavy (non-hydrogen) atoms. The molecule has 1 aliphatic heterocycles. The molecule has 0 aromatic carbocycles. The molecule has 0 aliphatic carbocycles. The summed E-state index contributed by atoms with van der Waals surface area (Å²) in [6, 6.07) is 0. The Balaban J connectivity index is 2.55. The van der Waals surface area contributed by atoms with Crippen molar-refractivity contribution in [3.05, 3.63) is 36.5 Å². The fourth-order valence-electron chi connectivity index (χ4n) is 2.58. The van der Waals surface area contributed by atoms with Gasteiger partial charge >= 0.3 is 23.9 Å². The first-order valence-electron chi connectivity index (χ1n) is 9.58. The maximum atomic E-state index is 11.8. The number of likely N-dealkylation sites (tertiary alicyclic amines) is 1. The highest BCUT2D eigenvalue weighted by atomic mass is 16.5. The minimum atomic E-state index is -0.698. The molecule has 1 saturated heterocycles. The van der Waals surface area contributed by atoms with Crippen LogP contribution in [0.3, 0.4) is 0 Å². The van der Waals surface area contributed by atoms with Gasteiger partial charge in [0.1, 0.15) is 0 Å². The van der Waals surface area contributed by atoms with E-state index in [0.29, 0.717) is 6.42 Å². The number of carbonyl (C=O) groups excluding carboxylic acids is 4. The molecule has 0 atom stereocenters. The van der Waals surface area contributed by atoms with Gasteiger partial charge in [-0.15, -0.1) is 0 Å². The van der Waals surface area contributed by atoms with E-state index >= 15 is 0 Å². The summed E-state index contributed by atoms with van der Waals surface area (Å²) in [5.74, 6) is -2.97. The maximum absolute atomic E-state index is 11.8. The number of carbonyl (C=O) groups is 4. The number of methoxy groups -OCH3 is 2. The monoisotopic (exact) mass is 423 g/mol. The van der Waals surface area contributed by atoms with Crippen molar-refractivity contribution < 1.29 is 38.1 Å². The van der Waals surface area contributed by atoms with Gasteiger partial charge in [-0.1, -0.05) is 12.2 Å². The minimum Gasteiger partial charge on any atom is -0.466 e. The van der Waals surface area contributed by atoms with Crippen molar-refractivity contribution >= 4 is 23.9 Å². The number of esters is 4. The van der Waals surface area contributed by atoms with E-state index in [-0.39, 0.29) is 19.1 Å². The molecule has 166 valence electrons. The first-order chi connectivity index (χ1) is 14.3. The Morgan fingerprint density at radius 1 is 0.867 bits per heavy atom. The summed E-state index contributed by atoms with van der Waals surface area (Å²) in [5.41, 5.74) is 1.24. The maximum Gasteiger partial charge on any atom is 0.331 e. The summed E-state index contributed by atoms with van der Waals surface area (Å²) >= 11 is 0. The topological polar surface area (TPSA) is 108 Å². The van der Waals surface area contributed by atoms with Gasteiger partial charge in [-0.2, -0.15) is 0 Å². The number of piperidine rings is 1. The Hall–Kier alpha value is -2.94. The number of hydrogen-bond donors (Lipinski definition) is 0. The van der Waals surface area contributed by atoms with E-state index in [9.17, 15) is 19.2 Å². The van der Waals surface area contributed by atoms with Gasteiger partial charge in [-0.3, -0.25) is 0 Å². The van der Waals surface area contributed by atoms with Crippen molar-refractivity contribution in [3.63, 3.8) is 0 Å². The Morgan fingerprint density at radius 3 is 1.73 bits per heavy atom. The molecule has 0 bridgehead atoms. The van der Waals surface area contributed by atoms with Crippen molar-refractivity contribution in [3.8, 4) is 0 Å². The molecule has 0 saturated carbocycles. The molecule has 0 radical (unpaired) electrons. The van der Waals surface area contributed by atoms with Gasteiger partial charge in [0.05, 0.1) is 27.4 Å². The van der Waals surface area contributed by atoms with Gasteiger partial charge in [0.2, 0.25) is 0 Å². The van der Waals surface area contributed by atoms with E-state index in [2.05, 4.69) is 21.0 Å². The van der Waals surface area contributed by atoms with Crippen LogP contribution in [-0.2, 0) is 38.1 Å². The zero-order valence-corrected chi connectivity index (χ0v) is 17.5. The molecule has 1 rings (SSSR count). The number of ether oxygens (including phenoxy) is 4. The smallest absolute Gasteiger partial charge is 0.331 e. The third-order valence-electron chi connectivity index (χ3n) is 4.45. The van der Waals surface area contributed by atoms with Crippen LogP contribution in [0.2, 0.25) is 0 Å². The lowest BCUT2D eigenvalue weighted by Gasteiger charge is -2.29. The molecule has 1 aliphatic rings. The average Bonchev–Trinajstić information content (AvgIpc) is 2.76. The van der Waals surface area contributed by atoms with E-state index in [1.807, 2.05) is 0 Å². The Bertz CT molecular complexity index is 630. The lowest BCUT2D eigenvalue weighted by Crippen LogP contribution is -2.33. The molecule has 1 fully saturated rings. The van der Waals surface area contributed by atoms with Crippen LogP contribution in [0.4, 0.5) is 0 Å². The lowest BCUT2D eigenvalue weighted by molar-refractivity contribution is -0.144. The third kappa shape index (κ3) is 11.2. The third-order valence-corrected chi connectivity index (χ3v) is 4.45. The lowest BCUT2D eigenvalue weighted by atomic mass is 10.0. The summed E-state index contributed by atoms with van der Waals surface area (Å²) in [6.45, 7) is 6.59. The molecule has 1 heterocycles. The quantitative estimate of drug-likeness (QED) is 0.209. The number of rotatable bonds is 11. The highest BCUT2D eigenvalue weighted by Gasteiger charge is 2.18. The summed E-state index contributed by atoms with van der Waals surface area (Å²) in [7, 11) is 2.40. The molecule has 0 unspecified atom stereocenters. The van der Waals surface area contributed by atoms with Crippen molar-refractivity contribution in [1.29, 1.82) is 0 Å². The highest BCUT2D eigenvalue weighted by Crippen LogP contribution is 2.16. The van der Waals surface area contributed by atoms with Gasteiger partial charge in [0.15, 0.2) is 0 Å². The molecule has 0 aromatic rings. The average molecular weight is 423 g/mol. The van der Waals surface area contributed by atoms with Crippen molar-refractivity contribution in [1.82, 2.24) is 4.90 Å². The van der Waals surface area contributed by atoms with Crippen LogP contribution < -0.4 is 0 Å². The van der Waals surface area contributed by atoms with Gasteiger partial charge in [-0.05, 0) is 25.8 Å². The minimum absolute atomic E-state index is 0.0128. The molecular weight excluding hydrogens is 394 g/mol. The Kier molecular flexibility index (Phi) is 11.8. The van der Waals surface area contributed by atoms with Crippen LogP contribution in [0, 0.1) is 5.92 Å². The second-order valence-electron chi connectivity index (χ2n) is 6.72. The van der Waals surface area contributed by atoms with Crippen molar-refractivity contribution in [2.45, 2.75) is 19.3 Å². The van der Waals surface area contributed by atoms with Crippen molar-refractivity contribution in [2.24, 2.45) is 5.92 Å². The summed E-state index contributed by atoms with van der Waals surface area (Å²) in [5, 5.41) is 0. The molecule has 0 aromatic heterocycles. The molecule has 9 nitrogen and oxygen atoms in total. The van der Waals surface area contributed by atoms with Crippen molar-refractivity contribution in [2.75, 3.05) is 47.1 Å². The molecule has 0 spiro atoms. The zero-order valence-electron chi connectivity index (χ0n) is 17.5. The Labute approximate surface area is 176 Å². The van der Waals surface area contributed by atoms with E-state index in [1.165, 1.54) is 19.8 Å². The standard InChI is InChI=1S/C21H29NO8/c1-16-8-11-22(12-9-16)13-10-17(14-29-20(25)6-4-18(23)27-2)15-30-21(26)7-5-19(24)28-3/h4-7,17H,1,8-15H2,2-3H3/b6-4+,7-5+. The normalized spacial score (nSPS) is 14.8. The van der Waals surface area contributed by atoms with E-state index in [1.54, 1.807) is 0 Å². The zero-order chi connectivity index (χ0) is 22.4. The van der Waals surface area contributed by atoms with Crippen LogP contribution in [0.25, 0.3) is 0 Å². The highest BCUT2D eigenvalue weighted by molar-refractivity contribution is 5.92. The van der Waals surface area contributed by atoms with Gasteiger partial charge < -0.3 is 23.8 Å².